The zero-order valence-electron chi connectivity index (χ0n) is 14.6. The fourth-order valence-corrected chi connectivity index (χ4v) is 2.70. The summed E-state index contributed by atoms with van der Waals surface area (Å²) in [5, 5.41) is 4.09. The average molecular weight is 355 g/mol. The third-order valence-corrected chi connectivity index (χ3v) is 4.02. The molecule has 0 bridgehead atoms. The van der Waals surface area contributed by atoms with Gasteiger partial charge < -0.3 is 14.8 Å². The molecule has 0 spiro atoms. The Labute approximate surface area is 150 Å². The van der Waals surface area contributed by atoms with Gasteiger partial charge in [-0.05, 0) is 36.8 Å². The number of hydrogen-bond acceptors (Lipinski definition) is 4. The molecular formula is C20H20FN2O3+. The number of anilines is 1. The molecule has 0 aliphatic carbocycles. The van der Waals surface area contributed by atoms with E-state index in [0.29, 0.717) is 23.5 Å². The number of nitrogens with one attached hydrogen (secondary N) is 2. The van der Waals surface area contributed by atoms with E-state index < -0.39 is 5.97 Å². The highest BCUT2D eigenvalue weighted by atomic mass is 19.1. The molecule has 134 valence electrons. The Morgan fingerprint density at radius 1 is 1.19 bits per heavy atom. The van der Waals surface area contributed by atoms with Crippen LogP contribution in [-0.4, -0.2) is 19.7 Å². The quantitative estimate of drug-likeness (QED) is 0.687. The molecule has 6 heteroatoms. The van der Waals surface area contributed by atoms with Gasteiger partial charge in [-0.2, -0.15) is 0 Å². The molecule has 3 aromatic rings. The zero-order chi connectivity index (χ0) is 18.5. The van der Waals surface area contributed by atoms with Crippen molar-refractivity contribution in [3.8, 4) is 5.75 Å². The van der Waals surface area contributed by atoms with Gasteiger partial charge in [0.15, 0.2) is 6.20 Å². The smallest absolute Gasteiger partial charge is 0.346 e. The summed E-state index contributed by atoms with van der Waals surface area (Å²) in [7, 11) is 1.59. The van der Waals surface area contributed by atoms with E-state index in [4.69, 9.17) is 9.47 Å². The molecule has 2 aromatic carbocycles. The molecule has 0 amide bonds. The number of carbonyl (C=O) groups is 1. The minimum atomic E-state index is -0.421. The molecule has 0 fully saturated rings. The van der Waals surface area contributed by atoms with Crippen LogP contribution in [0.4, 0.5) is 10.1 Å². The van der Waals surface area contributed by atoms with Crippen molar-refractivity contribution in [3.63, 3.8) is 0 Å². The van der Waals surface area contributed by atoms with Crippen LogP contribution in [0.5, 0.6) is 5.75 Å². The molecule has 0 saturated carbocycles. The molecule has 0 saturated heterocycles. The van der Waals surface area contributed by atoms with Gasteiger partial charge in [0.1, 0.15) is 17.1 Å². The van der Waals surface area contributed by atoms with Crippen LogP contribution in [-0.2, 0) is 11.3 Å². The van der Waals surface area contributed by atoms with Crippen molar-refractivity contribution < 1.29 is 23.6 Å². The maximum atomic E-state index is 13.1. The van der Waals surface area contributed by atoms with Crippen LogP contribution in [0.1, 0.15) is 22.8 Å². The summed E-state index contributed by atoms with van der Waals surface area (Å²) in [5.41, 5.74) is 2.78. The van der Waals surface area contributed by atoms with Gasteiger partial charge in [-0.3, -0.25) is 0 Å². The number of aromatic amines is 1. The molecule has 0 atom stereocenters. The van der Waals surface area contributed by atoms with E-state index in [0.717, 1.165) is 16.5 Å². The zero-order valence-corrected chi connectivity index (χ0v) is 14.6. The first-order valence-electron chi connectivity index (χ1n) is 8.30. The van der Waals surface area contributed by atoms with E-state index in [1.807, 2.05) is 18.2 Å². The van der Waals surface area contributed by atoms with Gasteiger partial charge >= 0.3 is 5.97 Å². The van der Waals surface area contributed by atoms with Gasteiger partial charge in [-0.1, -0.05) is 12.1 Å². The van der Waals surface area contributed by atoms with E-state index in [-0.39, 0.29) is 12.4 Å². The monoisotopic (exact) mass is 355 g/mol. The van der Waals surface area contributed by atoms with Crippen LogP contribution >= 0.6 is 0 Å². The predicted octanol–water partition coefficient (Wildman–Crippen LogP) is 3.59. The summed E-state index contributed by atoms with van der Waals surface area (Å²) in [6.45, 7) is 2.48. The highest BCUT2D eigenvalue weighted by molar-refractivity contribution is 6.04. The van der Waals surface area contributed by atoms with E-state index in [9.17, 15) is 9.18 Å². The van der Waals surface area contributed by atoms with Crippen molar-refractivity contribution in [1.29, 1.82) is 0 Å². The number of methoxy groups -OCH3 is 1. The Hall–Kier alpha value is -3.15. The standard InChI is InChI=1S/C20H19FN2O3/c1-3-26-20(24)17-12-22-18-9-8-15(25-2)10-16(18)19(17)23-11-13-4-6-14(21)7-5-13/h4-10,12H,3,11H2,1-2H3,(H,22,23)/p+1. The van der Waals surface area contributed by atoms with Crippen molar-refractivity contribution in [3.05, 3.63) is 65.6 Å². The first-order valence-corrected chi connectivity index (χ1v) is 8.30. The minimum Gasteiger partial charge on any atom is -0.497 e. The predicted molar refractivity (Wildman–Crippen MR) is 96.7 cm³/mol. The maximum absolute atomic E-state index is 13.1. The second kappa shape index (κ2) is 7.82. The van der Waals surface area contributed by atoms with Crippen LogP contribution < -0.4 is 15.0 Å². The number of rotatable bonds is 6. The van der Waals surface area contributed by atoms with Gasteiger partial charge in [-0.25, -0.2) is 14.2 Å². The topological polar surface area (TPSA) is 61.7 Å². The third-order valence-electron chi connectivity index (χ3n) is 4.02. The van der Waals surface area contributed by atoms with Crippen molar-refractivity contribution in [2.75, 3.05) is 19.0 Å². The summed E-state index contributed by atoms with van der Waals surface area (Å²) in [6, 6.07) is 11.8. The van der Waals surface area contributed by atoms with Crippen molar-refractivity contribution in [2.24, 2.45) is 0 Å². The van der Waals surface area contributed by atoms with Crippen LogP contribution in [0.3, 0.4) is 0 Å². The molecule has 0 radical (unpaired) electrons. The van der Waals surface area contributed by atoms with Gasteiger partial charge in [0.25, 0.3) is 0 Å². The number of benzene rings is 2. The molecular weight excluding hydrogens is 335 g/mol. The average Bonchev–Trinajstić information content (AvgIpc) is 2.67. The van der Waals surface area contributed by atoms with Gasteiger partial charge in [0, 0.05) is 12.6 Å². The van der Waals surface area contributed by atoms with E-state index in [1.54, 1.807) is 32.4 Å². The number of esters is 1. The van der Waals surface area contributed by atoms with Gasteiger partial charge in [0.05, 0.1) is 24.8 Å². The fraction of sp³-hybridized carbons (Fsp3) is 0.200. The van der Waals surface area contributed by atoms with Crippen LogP contribution in [0.15, 0.2) is 48.7 Å². The summed E-state index contributed by atoms with van der Waals surface area (Å²) >= 11 is 0. The van der Waals surface area contributed by atoms with E-state index >= 15 is 0 Å². The SMILES string of the molecule is CCOC(=O)c1c[nH+]c2ccc(OC)cc2c1NCc1ccc(F)cc1. The van der Waals surface area contributed by atoms with Crippen LogP contribution in [0.2, 0.25) is 0 Å². The number of H-pyrrole nitrogens is 1. The van der Waals surface area contributed by atoms with Gasteiger partial charge in [-0.15, -0.1) is 0 Å². The molecule has 0 aliphatic heterocycles. The van der Waals surface area contributed by atoms with Crippen LogP contribution in [0, 0.1) is 5.82 Å². The highest BCUT2D eigenvalue weighted by Gasteiger charge is 2.20. The Morgan fingerprint density at radius 3 is 2.65 bits per heavy atom. The molecule has 5 nitrogen and oxygen atoms in total. The fourth-order valence-electron chi connectivity index (χ4n) is 2.70. The second-order valence-corrected chi connectivity index (χ2v) is 5.69. The van der Waals surface area contributed by atoms with E-state index in [1.165, 1.54) is 12.1 Å². The number of hydrogen-bond donors (Lipinski definition) is 1. The second-order valence-electron chi connectivity index (χ2n) is 5.69. The summed E-state index contributed by atoms with van der Waals surface area (Å²) in [6.07, 6.45) is 1.62. The Morgan fingerprint density at radius 2 is 1.96 bits per heavy atom. The lowest BCUT2D eigenvalue weighted by Gasteiger charge is -2.12. The first kappa shape index (κ1) is 17.7. The number of halogens is 1. The van der Waals surface area contributed by atoms with Crippen molar-refractivity contribution in [1.82, 2.24) is 0 Å². The Balaban J connectivity index is 2.03. The molecule has 0 aliphatic rings. The largest absolute Gasteiger partial charge is 0.497 e. The van der Waals surface area contributed by atoms with Crippen LogP contribution in [0.25, 0.3) is 10.9 Å². The molecule has 26 heavy (non-hydrogen) atoms. The first-order chi connectivity index (χ1) is 12.6. The summed E-state index contributed by atoms with van der Waals surface area (Å²) in [4.78, 5) is 15.5. The third kappa shape index (κ3) is 3.74. The lowest BCUT2D eigenvalue weighted by atomic mass is 10.1. The number of aromatic nitrogens is 1. The number of fused-ring (bicyclic) bond motifs is 1. The Kier molecular flexibility index (Phi) is 5.31. The number of carbonyl (C=O) groups excluding carboxylic acids is 1. The maximum Gasteiger partial charge on any atom is 0.346 e. The van der Waals surface area contributed by atoms with Gasteiger partial charge in [0.2, 0.25) is 5.52 Å². The molecule has 1 heterocycles. The molecule has 3 rings (SSSR count). The minimum absolute atomic E-state index is 0.284. The lowest BCUT2D eigenvalue weighted by Crippen LogP contribution is -2.16. The van der Waals surface area contributed by atoms with Crippen molar-refractivity contribution >= 4 is 22.6 Å². The normalized spacial score (nSPS) is 10.6. The van der Waals surface area contributed by atoms with E-state index in [2.05, 4.69) is 10.3 Å². The molecule has 0 unspecified atom stereocenters. The molecule has 2 N–H and O–H groups in total. The number of pyridine rings is 1. The highest BCUT2D eigenvalue weighted by Crippen LogP contribution is 2.29. The van der Waals surface area contributed by atoms with Crippen molar-refractivity contribution in [2.45, 2.75) is 13.5 Å². The Bertz CT molecular complexity index is 926. The summed E-state index contributed by atoms with van der Waals surface area (Å²) in [5.74, 6) is -0.0303. The lowest BCUT2D eigenvalue weighted by molar-refractivity contribution is -0.344. The molecule has 1 aromatic heterocycles. The summed E-state index contributed by atoms with van der Waals surface area (Å²) < 4.78 is 23.6. The number of ether oxygens (including phenoxy) is 2.